The Morgan fingerprint density at radius 3 is 2.63 bits per heavy atom. The van der Waals surface area contributed by atoms with Gasteiger partial charge in [-0.15, -0.1) is 0 Å². The van der Waals surface area contributed by atoms with Crippen molar-refractivity contribution in [3.05, 3.63) is 53.1 Å². The van der Waals surface area contributed by atoms with Crippen LogP contribution in [0.3, 0.4) is 0 Å². The Labute approximate surface area is 247 Å². The van der Waals surface area contributed by atoms with Gasteiger partial charge in [0.25, 0.3) is 0 Å². The molecule has 0 radical (unpaired) electrons. The van der Waals surface area contributed by atoms with Crippen LogP contribution in [0.5, 0.6) is 17.2 Å². The zero-order valence-electron chi connectivity index (χ0n) is 24.8. The molecule has 0 saturated carbocycles. The predicted molar refractivity (Wildman–Crippen MR) is 165 cm³/mol. The molecule has 1 N–H and O–H groups in total. The van der Waals surface area contributed by atoms with Crippen molar-refractivity contribution in [2.75, 3.05) is 19.8 Å². The molecule has 0 fully saturated rings. The quantitative estimate of drug-likeness (QED) is 0.311. The number of hydrogen-bond donors (Lipinski definition) is 1. The molecule has 2 aromatic rings. The molecule has 1 amide bonds. The molecule has 2 heterocycles. The Kier molecular flexibility index (Phi) is 11.9. The minimum absolute atomic E-state index is 0. The van der Waals surface area contributed by atoms with Gasteiger partial charge >= 0.3 is 0 Å². The Hall–Kier alpha value is -3.20. The smallest absolute Gasteiger partial charge is 0.223 e. The number of rotatable bonds is 9. The fourth-order valence-corrected chi connectivity index (χ4v) is 6.10. The van der Waals surface area contributed by atoms with Gasteiger partial charge in [-0.05, 0) is 119 Å². The predicted octanol–water partition coefficient (Wildman–Crippen LogP) is 8.29. The molecule has 2 aromatic carbocycles. The first-order valence-electron chi connectivity index (χ1n) is 15.2. The van der Waals surface area contributed by atoms with Crippen LogP contribution in [0.4, 0.5) is 0 Å². The summed E-state index contributed by atoms with van der Waals surface area (Å²) >= 11 is 0. The largest absolute Gasteiger partial charge is 0.494 e. The molecule has 2 aliphatic rings. The summed E-state index contributed by atoms with van der Waals surface area (Å²) in [5.41, 5.74) is 2.74. The standard InChI is InChI=1S/C34H46N2O4.CH4/c1-5-10-26-19-28-22-34(3,4)40-31-21-27(20-30(32(28)31)39-18-9-7-16-36-33(26)37)24(2)11-6-8-17-38-29-14-12-25(23-35)13-15-29;/h12-15,20-21,24,26,28H,5-11,16-19,22H2,1-4H3,(H,36,37);1H4. The molecule has 0 aliphatic carbocycles. The zero-order valence-corrected chi connectivity index (χ0v) is 24.8. The van der Waals surface area contributed by atoms with Crippen LogP contribution in [0.2, 0.25) is 0 Å². The average Bonchev–Trinajstić information content (AvgIpc) is 2.92. The van der Waals surface area contributed by atoms with Gasteiger partial charge in [0.05, 0.1) is 24.8 Å². The number of benzene rings is 2. The third-order valence-electron chi connectivity index (χ3n) is 8.22. The summed E-state index contributed by atoms with van der Waals surface area (Å²) in [6.45, 7) is 10.8. The molecule has 0 spiro atoms. The van der Waals surface area contributed by atoms with E-state index in [4.69, 9.17) is 19.5 Å². The Morgan fingerprint density at radius 1 is 1.15 bits per heavy atom. The van der Waals surface area contributed by atoms with E-state index < -0.39 is 0 Å². The molecular weight excluding hydrogens is 512 g/mol. The monoisotopic (exact) mass is 562 g/mol. The van der Waals surface area contributed by atoms with E-state index >= 15 is 0 Å². The second-order valence-corrected chi connectivity index (χ2v) is 12.1. The summed E-state index contributed by atoms with van der Waals surface area (Å²) < 4.78 is 18.9. The number of carbonyl (C=O) groups is 1. The van der Waals surface area contributed by atoms with Crippen molar-refractivity contribution in [1.29, 1.82) is 5.26 Å². The van der Waals surface area contributed by atoms with Gasteiger partial charge in [-0.1, -0.05) is 27.7 Å². The fraction of sp³-hybridized carbons (Fsp3) is 0.600. The lowest BCUT2D eigenvalue weighted by molar-refractivity contribution is -0.125. The van der Waals surface area contributed by atoms with Crippen molar-refractivity contribution in [1.82, 2.24) is 5.32 Å². The fourth-order valence-electron chi connectivity index (χ4n) is 6.10. The number of hydrogen-bond acceptors (Lipinski definition) is 5. The highest BCUT2D eigenvalue weighted by Gasteiger charge is 2.38. The van der Waals surface area contributed by atoms with Crippen molar-refractivity contribution >= 4 is 5.91 Å². The van der Waals surface area contributed by atoms with Gasteiger partial charge in [-0.3, -0.25) is 4.79 Å². The molecule has 0 saturated heterocycles. The van der Waals surface area contributed by atoms with Crippen molar-refractivity contribution < 1.29 is 19.0 Å². The number of nitrogens with one attached hydrogen (secondary N) is 1. The van der Waals surface area contributed by atoms with Crippen molar-refractivity contribution in [3.63, 3.8) is 0 Å². The van der Waals surface area contributed by atoms with Crippen LogP contribution in [0.25, 0.3) is 0 Å². The van der Waals surface area contributed by atoms with Gasteiger partial charge in [0, 0.05) is 18.0 Å². The normalized spacial score (nSPS) is 20.7. The summed E-state index contributed by atoms with van der Waals surface area (Å²) in [6.07, 6.45) is 8.47. The summed E-state index contributed by atoms with van der Waals surface area (Å²) in [4.78, 5) is 13.1. The lowest BCUT2D eigenvalue weighted by Gasteiger charge is -2.40. The summed E-state index contributed by atoms with van der Waals surface area (Å²) in [5, 5.41) is 12.1. The SMILES string of the molecule is C.CCCC1CC2CC(C)(C)Oc3cc(C(C)CCCCOc4ccc(C#N)cc4)cc(c32)OCCCCNC1=O. The van der Waals surface area contributed by atoms with E-state index in [1.165, 1.54) is 5.56 Å². The maximum atomic E-state index is 13.1. The van der Waals surface area contributed by atoms with E-state index in [0.717, 1.165) is 80.6 Å². The van der Waals surface area contributed by atoms with Crippen LogP contribution in [0, 0.1) is 17.2 Å². The molecule has 0 aromatic heterocycles. The van der Waals surface area contributed by atoms with E-state index in [-0.39, 0.29) is 30.8 Å². The molecule has 0 bridgehead atoms. The summed E-state index contributed by atoms with van der Waals surface area (Å²) in [6, 6.07) is 13.9. The third-order valence-corrected chi connectivity index (χ3v) is 8.22. The number of nitriles is 1. The molecule has 4 rings (SSSR count). The van der Waals surface area contributed by atoms with E-state index in [1.807, 2.05) is 12.1 Å². The van der Waals surface area contributed by atoms with E-state index in [9.17, 15) is 4.79 Å². The number of amides is 1. The Bertz CT molecular complexity index is 1170. The maximum Gasteiger partial charge on any atom is 0.223 e. The first-order valence-corrected chi connectivity index (χ1v) is 15.2. The Morgan fingerprint density at radius 2 is 1.90 bits per heavy atom. The number of nitrogens with zero attached hydrogens (tertiary/aromatic N) is 1. The zero-order chi connectivity index (χ0) is 28.5. The summed E-state index contributed by atoms with van der Waals surface area (Å²) in [7, 11) is 0. The number of carbonyl (C=O) groups excluding carboxylic acids is 1. The molecule has 3 unspecified atom stereocenters. The van der Waals surface area contributed by atoms with Gasteiger partial charge in [-0.25, -0.2) is 0 Å². The molecule has 6 nitrogen and oxygen atoms in total. The molecule has 2 aliphatic heterocycles. The van der Waals surface area contributed by atoms with E-state index in [0.29, 0.717) is 31.2 Å². The second-order valence-electron chi connectivity index (χ2n) is 12.1. The third kappa shape index (κ3) is 8.89. The van der Waals surface area contributed by atoms with Gasteiger partial charge in [0.1, 0.15) is 22.8 Å². The molecule has 41 heavy (non-hydrogen) atoms. The lowest BCUT2D eigenvalue weighted by atomic mass is 9.77. The van der Waals surface area contributed by atoms with Crippen molar-refractivity contribution in [2.24, 2.45) is 5.92 Å². The van der Waals surface area contributed by atoms with Gasteiger partial charge < -0.3 is 19.5 Å². The molecule has 224 valence electrons. The number of unbranched alkanes of at least 4 members (excludes halogenated alkanes) is 1. The molecular formula is C35H50N2O4. The highest BCUT2D eigenvalue weighted by Crippen LogP contribution is 2.50. The van der Waals surface area contributed by atoms with Gasteiger partial charge in [-0.2, -0.15) is 5.26 Å². The van der Waals surface area contributed by atoms with Crippen LogP contribution in [-0.2, 0) is 4.79 Å². The van der Waals surface area contributed by atoms with Gasteiger partial charge in [0.15, 0.2) is 0 Å². The van der Waals surface area contributed by atoms with Gasteiger partial charge in [0.2, 0.25) is 5.91 Å². The number of ether oxygens (including phenoxy) is 3. The molecule has 3 atom stereocenters. The molecule has 6 heteroatoms. The summed E-state index contributed by atoms with van der Waals surface area (Å²) in [5.74, 6) is 3.46. The first kappa shape index (κ1) is 32.3. The highest BCUT2D eigenvalue weighted by atomic mass is 16.5. The minimum atomic E-state index is -0.302. The van der Waals surface area contributed by atoms with Crippen LogP contribution in [-0.4, -0.2) is 31.3 Å². The maximum absolute atomic E-state index is 13.1. The van der Waals surface area contributed by atoms with E-state index in [1.54, 1.807) is 12.1 Å². The van der Waals surface area contributed by atoms with Crippen LogP contribution >= 0.6 is 0 Å². The Balaban J connectivity index is 0.00000462. The van der Waals surface area contributed by atoms with Crippen LogP contribution in [0.1, 0.15) is 121 Å². The van der Waals surface area contributed by atoms with Crippen LogP contribution in [0.15, 0.2) is 36.4 Å². The van der Waals surface area contributed by atoms with E-state index in [2.05, 4.69) is 51.2 Å². The van der Waals surface area contributed by atoms with Crippen molar-refractivity contribution in [2.45, 2.75) is 110 Å². The topological polar surface area (TPSA) is 80.6 Å². The first-order chi connectivity index (χ1) is 19.3. The second kappa shape index (κ2) is 15.1. The van der Waals surface area contributed by atoms with Crippen LogP contribution < -0.4 is 19.5 Å². The average molecular weight is 563 g/mol. The lowest BCUT2D eigenvalue weighted by Crippen LogP contribution is -2.38. The minimum Gasteiger partial charge on any atom is -0.494 e. The highest BCUT2D eigenvalue weighted by molar-refractivity contribution is 5.78. The van der Waals surface area contributed by atoms with Crippen molar-refractivity contribution in [3.8, 4) is 23.3 Å².